The van der Waals surface area contributed by atoms with E-state index in [2.05, 4.69) is 5.32 Å². The molecule has 0 spiro atoms. The van der Waals surface area contributed by atoms with E-state index in [9.17, 15) is 4.79 Å². The number of alkyl halides is 1. The third-order valence-electron chi connectivity index (χ3n) is 1.67. The molecule has 0 aliphatic heterocycles. The number of carbonyl (C=O) groups is 1. The minimum Gasteiger partial charge on any atom is -0.349 e. The number of rotatable bonds is 4. The van der Waals surface area contributed by atoms with Crippen LogP contribution < -0.4 is 5.32 Å². The molecule has 3 heteroatoms. The average Bonchev–Trinajstić information content (AvgIpc) is 2.25. The third kappa shape index (κ3) is 3.62. The third-order valence-corrected chi connectivity index (χ3v) is 1.85. The van der Waals surface area contributed by atoms with Crippen LogP contribution in [0.5, 0.6) is 0 Å². The molecule has 0 radical (unpaired) electrons. The first kappa shape index (κ1) is 10.8. The molecule has 0 saturated carbocycles. The van der Waals surface area contributed by atoms with Gasteiger partial charge in [0.25, 0.3) is 5.91 Å². The van der Waals surface area contributed by atoms with E-state index in [0.717, 1.165) is 0 Å². The molecule has 0 aliphatic carbocycles. The van der Waals surface area contributed by atoms with Crippen molar-refractivity contribution in [3.8, 4) is 0 Å². The van der Waals surface area contributed by atoms with E-state index in [1.165, 1.54) is 0 Å². The van der Waals surface area contributed by atoms with Gasteiger partial charge >= 0.3 is 0 Å². The highest BCUT2D eigenvalue weighted by Gasteiger charge is 2.00. The van der Waals surface area contributed by atoms with Crippen LogP contribution >= 0.6 is 11.6 Å². The van der Waals surface area contributed by atoms with Crippen LogP contribution in [0.1, 0.15) is 10.4 Å². The summed E-state index contributed by atoms with van der Waals surface area (Å²) in [6, 6.07) is 9.11. The Bertz CT molecular complexity index is 308. The normalized spacial score (nSPS) is 10.4. The van der Waals surface area contributed by atoms with Crippen molar-refractivity contribution in [1.82, 2.24) is 5.32 Å². The van der Waals surface area contributed by atoms with E-state index in [4.69, 9.17) is 11.6 Å². The van der Waals surface area contributed by atoms with Crippen LogP contribution in [0.15, 0.2) is 42.5 Å². The summed E-state index contributed by atoms with van der Waals surface area (Å²) in [5.41, 5.74) is 0.673. The summed E-state index contributed by atoms with van der Waals surface area (Å²) < 4.78 is 0. The number of benzene rings is 1. The van der Waals surface area contributed by atoms with Gasteiger partial charge in [0.05, 0.1) is 0 Å². The zero-order valence-corrected chi connectivity index (χ0v) is 8.50. The van der Waals surface area contributed by atoms with Gasteiger partial charge in [-0.2, -0.15) is 0 Å². The van der Waals surface area contributed by atoms with Gasteiger partial charge in [-0.25, -0.2) is 0 Å². The molecule has 0 aliphatic rings. The lowest BCUT2D eigenvalue weighted by molar-refractivity contribution is 0.0958. The van der Waals surface area contributed by atoms with Gasteiger partial charge in [-0.1, -0.05) is 30.4 Å². The highest BCUT2D eigenvalue weighted by molar-refractivity contribution is 6.18. The second kappa shape index (κ2) is 6.22. The molecule has 1 N–H and O–H groups in total. The maximum absolute atomic E-state index is 11.4. The first-order valence-electron chi connectivity index (χ1n) is 4.39. The number of hydrogen-bond acceptors (Lipinski definition) is 1. The summed E-state index contributed by atoms with van der Waals surface area (Å²) in [5.74, 6) is 0.408. The molecule has 0 unspecified atom stereocenters. The van der Waals surface area contributed by atoms with E-state index in [1.807, 2.05) is 24.3 Å². The molecule has 0 fully saturated rings. The number of amides is 1. The Kier molecular flexibility index (Phi) is 4.79. The van der Waals surface area contributed by atoms with Crippen LogP contribution in [0.4, 0.5) is 0 Å². The van der Waals surface area contributed by atoms with Gasteiger partial charge in [0.1, 0.15) is 0 Å². The van der Waals surface area contributed by atoms with Gasteiger partial charge in [-0.05, 0) is 12.1 Å². The molecule has 1 amide bonds. The second-order valence-electron chi connectivity index (χ2n) is 2.70. The van der Waals surface area contributed by atoms with Crippen molar-refractivity contribution >= 4 is 17.5 Å². The Hall–Kier alpha value is -1.28. The van der Waals surface area contributed by atoms with Crippen LogP contribution in [0.3, 0.4) is 0 Å². The summed E-state index contributed by atoms with van der Waals surface area (Å²) in [6.07, 6.45) is 3.63. The van der Waals surface area contributed by atoms with Crippen molar-refractivity contribution in [2.75, 3.05) is 12.4 Å². The summed E-state index contributed by atoms with van der Waals surface area (Å²) in [7, 11) is 0. The van der Waals surface area contributed by atoms with Gasteiger partial charge in [0.2, 0.25) is 0 Å². The maximum atomic E-state index is 11.4. The van der Waals surface area contributed by atoms with Gasteiger partial charge in [-0.15, -0.1) is 11.6 Å². The predicted octanol–water partition coefficient (Wildman–Crippen LogP) is 2.21. The lowest BCUT2D eigenvalue weighted by atomic mass is 10.2. The predicted molar refractivity (Wildman–Crippen MR) is 58.6 cm³/mol. The summed E-state index contributed by atoms with van der Waals surface area (Å²) in [5, 5.41) is 2.75. The molecule has 74 valence electrons. The standard InChI is InChI=1S/C11H12ClNO/c12-8-4-5-9-13-11(14)10-6-2-1-3-7-10/h1-7H,8-9H2,(H,13,14)/b5-4+. The highest BCUT2D eigenvalue weighted by atomic mass is 35.5. The van der Waals surface area contributed by atoms with Gasteiger partial charge in [-0.3, -0.25) is 4.79 Å². The number of carbonyl (C=O) groups excluding carboxylic acids is 1. The van der Waals surface area contributed by atoms with E-state index in [-0.39, 0.29) is 5.91 Å². The van der Waals surface area contributed by atoms with Gasteiger partial charge in [0, 0.05) is 18.0 Å². The molecule has 0 atom stereocenters. The smallest absolute Gasteiger partial charge is 0.251 e. The average molecular weight is 210 g/mol. The van der Waals surface area contributed by atoms with E-state index in [1.54, 1.807) is 18.2 Å². The van der Waals surface area contributed by atoms with Crippen molar-refractivity contribution in [2.45, 2.75) is 0 Å². The Morgan fingerprint density at radius 2 is 2.00 bits per heavy atom. The molecule has 1 aromatic rings. The molecule has 1 aromatic carbocycles. The number of allylic oxidation sites excluding steroid dienone is 1. The molecule has 14 heavy (non-hydrogen) atoms. The minimum absolute atomic E-state index is 0.0650. The first-order chi connectivity index (χ1) is 6.84. The largest absolute Gasteiger partial charge is 0.349 e. The van der Waals surface area contributed by atoms with Crippen LogP contribution in [-0.4, -0.2) is 18.3 Å². The Morgan fingerprint density at radius 1 is 1.29 bits per heavy atom. The Labute approximate surface area is 88.6 Å². The molecule has 0 aromatic heterocycles. The highest BCUT2D eigenvalue weighted by Crippen LogP contribution is 1.97. The molecule has 1 rings (SSSR count). The van der Waals surface area contributed by atoms with Crippen LogP contribution in [0.2, 0.25) is 0 Å². The van der Waals surface area contributed by atoms with Crippen LogP contribution in [-0.2, 0) is 0 Å². The topological polar surface area (TPSA) is 29.1 Å². The van der Waals surface area contributed by atoms with E-state index >= 15 is 0 Å². The van der Waals surface area contributed by atoms with Crippen molar-refractivity contribution in [1.29, 1.82) is 0 Å². The fourth-order valence-corrected chi connectivity index (χ4v) is 1.12. The number of nitrogens with one attached hydrogen (secondary N) is 1. The van der Waals surface area contributed by atoms with Crippen LogP contribution in [0.25, 0.3) is 0 Å². The number of halogens is 1. The van der Waals surface area contributed by atoms with Gasteiger partial charge in [0.15, 0.2) is 0 Å². The molecule has 2 nitrogen and oxygen atoms in total. The zero-order valence-electron chi connectivity index (χ0n) is 7.74. The first-order valence-corrected chi connectivity index (χ1v) is 4.92. The van der Waals surface area contributed by atoms with Gasteiger partial charge < -0.3 is 5.32 Å². The summed E-state index contributed by atoms with van der Waals surface area (Å²) in [4.78, 5) is 11.4. The molecular weight excluding hydrogens is 198 g/mol. The monoisotopic (exact) mass is 209 g/mol. The molecule has 0 heterocycles. The fourth-order valence-electron chi connectivity index (χ4n) is 0.990. The van der Waals surface area contributed by atoms with Crippen molar-refractivity contribution in [2.24, 2.45) is 0 Å². The second-order valence-corrected chi connectivity index (χ2v) is 3.01. The van der Waals surface area contributed by atoms with E-state index in [0.29, 0.717) is 18.0 Å². The van der Waals surface area contributed by atoms with Crippen molar-refractivity contribution in [3.63, 3.8) is 0 Å². The van der Waals surface area contributed by atoms with E-state index < -0.39 is 0 Å². The summed E-state index contributed by atoms with van der Waals surface area (Å²) in [6.45, 7) is 0.514. The quantitative estimate of drug-likeness (QED) is 0.598. The molecule has 0 saturated heterocycles. The summed E-state index contributed by atoms with van der Waals surface area (Å²) >= 11 is 5.43. The van der Waals surface area contributed by atoms with Crippen molar-refractivity contribution in [3.05, 3.63) is 48.0 Å². The lowest BCUT2D eigenvalue weighted by Crippen LogP contribution is -2.23. The van der Waals surface area contributed by atoms with Crippen molar-refractivity contribution < 1.29 is 4.79 Å². The SMILES string of the molecule is O=C(NC/C=C/CCl)c1ccccc1. The lowest BCUT2D eigenvalue weighted by Gasteiger charge is -2.00. The molecular formula is C11H12ClNO. The zero-order chi connectivity index (χ0) is 10.2. The van der Waals surface area contributed by atoms with Crippen LogP contribution in [0, 0.1) is 0 Å². The number of hydrogen-bond donors (Lipinski definition) is 1. The minimum atomic E-state index is -0.0650. The fraction of sp³-hybridized carbons (Fsp3) is 0.182. The molecule has 0 bridgehead atoms. The maximum Gasteiger partial charge on any atom is 0.251 e. The Morgan fingerprint density at radius 3 is 2.64 bits per heavy atom. The Balaban J connectivity index is 2.40.